The highest BCUT2D eigenvalue weighted by Gasteiger charge is 2.35. The summed E-state index contributed by atoms with van der Waals surface area (Å²) in [4.78, 5) is 2.38. The average Bonchev–Trinajstić information content (AvgIpc) is 3.20. The molecule has 0 saturated heterocycles. The second-order valence-electron chi connectivity index (χ2n) is 15.5. The summed E-state index contributed by atoms with van der Waals surface area (Å²) in [5.74, 6) is 0. The third-order valence-corrected chi connectivity index (χ3v) is 11.7. The summed E-state index contributed by atoms with van der Waals surface area (Å²) in [7, 11) is 0. The molecule has 256 valence electrons. The van der Waals surface area contributed by atoms with Crippen molar-refractivity contribution in [2.45, 2.75) is 33.1 Å². The van der Waals surface area contributed by atoms with E-state index in [1.54, 1.807) is 0 Å². The van der Waals surface area contributed by atoms with Gasteiger partial charge in [0.2, 0.25) is 0 Å². The average molecular weight is 691 g/mol. The van der Waals surface area contributed by atoms with Gasteiger partial charge in [-0.25, -0.2) is 0 Å². The predicted octanol–water partition coefficient (Wildman–Crippen LogP) is 14.2. The Morgan fingerprint density at radius 1 is 0.481 bits per heavy atom. The predicted molar refractivity (Wildman–Crippen MR) is 227 cm³/mol. The number of hydrogen-bond donors (Lipinski definition) is 0. The van der Waals surface area contributed by atoms with Gasteiger partial charge >= 0.3 is 0 Å². The maximum absolute atomic E-state index is 9.77. The van der Waals surface area contributed by atoms with E-state index < -0.39 is 0 Å². The number of rotatable bonds is 5. The van der Waals surface area contributed by atoms with E-state index in [2.05, 4.69) is 184 Å². The largest absolute Gasteiger partial charge is 0.310 e. The molecule has 0 spiro atoms. The van der Waals surface area contributed by atoms with Gasteiger partial charge in [0.15, 0.2) is 0 Å². The topological polar surface area (TPSA) is 27.0 Å². The molecule has 10 rings (SSSR count). The van der Waals surface area contributed by atoms with Crippen LogP contribution < -0.4 is 4.90 Å². The number of aryl methyl sites for hydroxylation is 2. The molecule has 54 heavy (non-hydrogen) atoms. The van der Waals surface area contributed by atoms with Crippen LogP contribution in [0.25, 0.3) is 65.7 Å². The van der Waals surface area contributed by atoms with Crippen molar-refractivity contribution in [2.75, 3.05) is 4.90 Å². The van der Waals surface area contributed by atoms with Gasteiger partial charge in [0.05, 0.1) is 17.3 Å². The van der Waals surface area contributed by atoms with Crippen LogP contribution in [0.4, 0.5) is 17.1 Å². The Labute approximate surface area is 316 Å². The van der Waals surface area contributed by atoms with Crippen molar-refractivity contribution in [3.63, 3.8) is 0 Å². The van der Waals surface area contributed by atoms with Crippen molar-refractivity contribution in [1.29, 1.82) is 5.26 Å². The molecule has 9 aromatic carbocycles. The van der Waals surface area contributed by atoms with Crippen molar-refractivity contribution in [2.24, 2.45) is 0 Å². The molecule has 1 aliphatic carbocycles. The van der Waals surface area contributed by atoms with E-state index in [1.807, 2.05) is 12.1 Å². The normalized spacial score (nSPS) is 12.9. The Morgan fingerprint density at radius 3 is 1.78 bits per heavy atom. The number of hydrogen-bond acceptors (Lipinski definition) is 2. The van der Waals surface area contributed by atoms with Crippen LogP contribution in [0, 0.1) is 25.2 Å². The molecule has 0 aromatic heterocycles. The first-order chi connectivity index (χ1) is 26.3. The molecule has 0 atom stereocenters. The monoisotopic (exact) mass is 690 g/mol. The minimum absolute atomic E-state index is 0.145. The van der Waals surface area contributed by atoms with Crippen molar-refractivity contribution in [1.82, 2.24) is 0 Å². The molecule has 2 nitrogen and oxygen atoms in total. The summed E-state index contributed by atoms with van der Waals surface area (Å²) >= 11 is 0. The molecular formula is C52H38N2. The highest BCUT2D eigenvalue weighted by Crippen LogP contribution is 2.53. The molecule has 0 unspecified atom stereocenters. The molecule has 0 radical (unpaired) electrons. The van der Waals surface area contributed by atoms with Crippen molar-refractivity contribution in [3.05, 3.63) is 186 Å². The lowest BCUT2D eigenvalue weighted by molar-refractivity contribution is 0.646. The van der Waals surface area contributed by atoms with Crippen LogP contribution in [0.2, 0.25) is 0 Å². The number of benzene rings is 9. The summed E-state index contributed by atoms with van der Waals surface area (Å²) in [5.41, 5.74) is 16.1. The standard InChI is InChI=1S/C52H38N2/c1-32-9-15-35(16-10-32)39-27-40(36-17-11-33(2)12-18-36)29-42(28-39)54(41-22-13-34(31-53)14-23-41)48-26-21-38-30-47-51-44(43-7-5-6-8-46(43)52(47,3)4)24-19-37-20-25-45(48)49(38)50(37)51/h5-30H,1-4H3. The molecule has 0 fully saturated rings. The van der Waals surface area contributed by atoms with E-state index in [4.69, 9.17) is 0 Å². The summed E-state index contributed by atoms with van der Waals surface area (Å²) < 4.78 is 0. The van der Waals surface area contributed by atoms with Crippen LogP contribution in [0.3, 0.4) is 0 Å². The van der Waals surface area contributed by atoms with Crippen LogP contribution in [0.15, 0.2) is 158 Å². The summed E-state index contributed by atoms with van der Waals surface area (Å²) in [6, 6.07) is 60.1. The zero-order valence-corrected chi connectivity index (χ0v) is 30.9. The highest BCUT2D eigenvalue weighted by molar-refractivity contribution is 6.29. The summed E-state index contributed by atoms with van der Waals surface area (Å²) in [5, 5.41) is 17.4. The first-order valence-corrected chi connectivity index (χ1v) is 18.7. The lowest BCUT2D eigenvalue weighted by Gasteiger charge is -2.36. The fourth-order valence-corrected chi connectivity index (χ4v) is 8.90. The molecule has 0 bridgehead atoms. The molecule has 1 aliphatic rings. The Morgan fingerprint density at radius 2 is 1.11 bits per heavy atom. The van der Waals surface area contributed by atoms with Crippen molar-refractivity contribution in [3.8, 4) is 39.4 Å². The fraction of sp³-hybridized carbons (Fsp3) is 0.0962. The van der Waals surface area contributed by atoms with Crippen LogP contribution in [0.5, 0.6) is 0 Å². The molecular weight excluding hydrogens is 653 g/mol. The summed E-state index contributed by atoms with van der Waals surface area (Å²) in [6.45, 7) is 9.01. The number of fused-ring (bicyclic) bond motifs is 2. The lowest BCUT2D eigenvalue weighted by Crippen LogP contribution is -2.23. The maximum atomic E-state index is 9.77. The van der Waals surface area contributed by atoms with Crippen LogP contribution >= 0.6 is 0 Å². The van der Waals surface area contributed by atoms with Crippen LogP contribution in [0.1, 0.15) is 41.7 Å². The van der Waals surface area contributed by atoms with Gasteiger partial charge in [0.25, 0.3) is 0 Å². The van der Waals surface area contributed by atoms with E-state index in [1.165, 1.54) is 76.8 Å². The Kier molecular flexibility index (Phi) is 7.06. The zero-order valence-electron chi connectivity index (χ0n) is 30.9. The van der Waals surface area contributed by atoms with Crippen LogP contribution in [-0.2, 0) is 5.41 Å². The van der Waals surface area contributed by atoms with Gasteiger partial charge < -0.3 is 4.90 Å². The molecule has 0 heterocycles. The van der Waals surface area contributed by atoms with Gasteiger partial charge in [-0.15, -0.1) is 0 Å². The first-order valence-electron chi connectivity index (χ1n) is 18.7. The van der Waals surface area contributed by atoms with Crippen LogP contribution in [-0.4, -0.2) is 0 Å². The molecule has 0 amide bonds. The third kappa shape index (κ3) is 4.86. The molecule has 0 N–H and O–H groups in total. The second kappa shape index (κ2) is 11.9. The number of nitrogens with zero attached hydrogens (tertiary/aromatic N) is 2. The fourth-order valence-electron chi connectivity index (χ4n) is 8.90. The smallest absolute Gasteiger partial charge is 0.0991 e. The quantitative estimate of drug-likeness (QED) is 0.168. The second-order valence-corrected chi connectivity index (χ2v) is 15.5. The number of nitriles is 1. The zero-order chi connectivity index (χ0) is 36.7. The van der Waals surface area contributed by atoms with Gasteiger partial charge in [-0.3, -0.25) is 0 Å². The van der Waals surface area contributed by atoms with E-state index in [0.717, 1.165) is 28.2 Å². The van der Waals surface area contributed by atoms with E-state index in [9.17, 15) is 5.26 Å². The van der Waals surface area contributed by atoms with Gasteiger partial charge in [-0.05, 0) is 140 Å². The molecule has 0 aliphatic heterocycles. The molecule has 9 aromatic rings. The maximum Gasteiger partial charge on any atom is 0.0991 e. The first kappa shape index (κ1) is 32.0. The Bertz CT molecular complexity index is 2900. The third-order valence-electron chi connectivity index (χ3n) is 11.7. The van der Waals surface area contributed by atoms with E-state index >= 15 is 0 Å². The van der Waals surface area contributed by atoms with Gasteiger partial charge in [0.1, 0.15) is 0 Å². The van der Waals surface area contributed by atoms with E-state index in [-0.39, 0.29) is 5.41 Å². The van der Waals surface area contributed by atoms with Gasteiger partial charge in [0, 0.05) is 22.2 Å². The molecule has 2 heteroatoms. The highest BCUT2D eigenvalue weighted by atomic mass is 15.1. The SMILES string of the molecule is Cc1ccc(-c2cc(-c3ccc(C)cc3)cc(N(c3ccc(C#N)cc3)c3ccc4cc5c6c(ccc7ccc3c4c76)-c3ccccc3C5(C)C)c2)cc1. The van der Waals surface area contributed by atoms with Crippen molar-refractivity contribution >= 4 is 49.4 Å². The number of anilines is 3. The molecule has 0 saturated carbocycles. The van der Waals surface area contributed by atoms with Crippen molar-refractivity contribution < 1.29 is 0 Å². The minimum atomic E-state index is -0.145. The van der Waals surface area contributed by atoms with Gasteiger partial charge in [-0.1, -0.05) is 128 Å². The Balaban J connectivity index is 1.28. The van der Waals surface area contributed by atoms with Gasteiger partial charge in [-0.2, -0.15) is 5.26 Å². The van der Waals surface area contributed by atoms with E-state index in [0.29, 0.717) is 5.56 Å². The minimum Gasteiger partial charge on any atom is -0.310 e. The summed E-state index contributed by atoms with van der Waals surface area (Å²) in [6.07, 6.45) is 0. The lowest BCUT2D eigenvalue weighted by atomic mass is 9.67. The Hall–Kier alpha value is -6.69.